The van der Waals surface area contributed by atoms with Gasteiger partial charge in [0.1, 0.15) is 0 Å². The molecule has 0 amide bonds. The Labute approximate surface area is 78.0 Å². The first-order valence-electron chi connectivity index (χ1n) is 5.23. The van der Waals surface area contributed by atoms with E-state index in [4.69, 9.17) is 4.74 Å². The van der Waals surface area contributed by atoms with Crippen LogP contribution < -0.4 is 0 Å². The third-order valence-electron chi connectivity index (χ3n) is 3.74. The highest BCUT2D eigenvalue weighted by Crippen LogP contribution is 2.58. The fourth-order valence-electron chi connectivity index (χ4n) is 2.99. The van der Waals surface area contributed by atoms with E-state index in [1.165, 1.54) is 19.3 Å². The summed E-state index contributed by atoms with van der Waals surface area (Å²) in [5.41, 5.74) is 0.944. The Bertz CT molecular complexity index is 270. The number of carbonyl (C=O) groups is 1. The Morgan fingerprint density at radius 2 is 2.15 bits per heavy atom. The van der Waals surface area contributed by atoms with Crippen molar-refractivity contribution in [2.24, 2.45) is 17.8 Å². The number of hydrogen-bond acceptors (Lipinski definition) is 2. The number of carbonyl (C=O) groups excluding carboxylic acids is 1. The SMILES string of the molecule is O=C(C1=COCC1)C1C2CCCC21. The van der Waals surface area contributed by atoms with Crippen molar-refractivity contribution in [3.63, 3.8) is 0 Å². The van der Waals surface area contributed by atoms with Crippen molar-refractivity contribution in [3.05, 3.63) is 11.8 Å². The zero-order chi connectivity index (χ0) is 8.84. The van der Waals surface area contributed by atoms with Gasteiger partial charge in [0.25, 0.3) is 0 Å². The van der Waals surface area contributed by atoms with Crippen LogP contribution in [0.1, 0.15) is 25.7 Å². The van der Waals surface area contributed by atoms with Crippen molar-refractivity contribution in [3.8, 4) is 0 Å². The summed E-state index contributed by atoms with van der Waals surface area (Å²) in [7, 11) is 0. The predicted molar refractivity (Wildman–Crippen MR) is 48.0 cm³/mol. The zero-order valence-electron chi connectivity index (χ0n) is 7.66. The van der Waals surface area contributed by atoms with Gasteiger partial charge in [-0.15, -0.1) is 0 Å². The lowest BCUT2D eigenvalue weighted by molar-refractivity contribution is -0.117. The summed E-state index contributed by atoms with van der Waals surface area (Å²) in [6.07, 6.45) is 6.43. The van der Waals surface area contributed by atoms with Crippen LogP contribution in [-0.2, 0) is 9.53 Å². The van der Waals surface area contributed by atoms with Crippen molar-refractivity contribution >= 4 is 5.78 Å². The number of Topliss-reactive ketones (excluding diaryl/α,β-unsaturated/α-hetero) is 1. The molecule has 0 radical (unpaired) electrons. The molecule has 2 heteroatoms. The first kappa shape index (κ1) is 7.60. The summed E-state index contributed by atoms with van der Waals surface area (Å²) < 4.78 is 5.10. The van der Waals surface area contributed by atoms with Crippen molar-refractivity contribution in [2.75, 3.05) is 6.61 Å². The minimum Gasteiger partial charge on any atom is -0.500 e. The third kappa shape index (κ3) is 1.04. The molecule has 0 spiro atoms. The molecule has 0 bridgehead atoms. The van der Waals surface area contributed by atoms with Crippen molar-refractivity contribution in [2.45, 2.75) is 25.7 Å². The Kier molecular flexibility index (Phi) is 1.52. The highest BCUT2D eigenvalue weighted by Gasteiger charge is 2.56. The third-order valence-corrected chi connectivity index (χ3v) is 3.74. The zero-order valence-corrected chi connectivity index (χ0v) is 7.66. The quantitative estimate of drug-likeness (QED) is 0.645. The Balaban J connectivity index is 1.70. The molecule has 0 saturated heterocycles. The molecule has 3 rings (SSSR count). The van der Waals surface area contributed by atoms with Gasteiger partial charge >= 0.3 is 0 Å². The van der Waals surface area contributed by atoms with E-state index in [2.05, 4.69) is 0 Å². The van der Waals surface area contributed by atoms with Gasteiger partial charge < -0.3 is 4.74 Å². The molecule has 2 atom stereocenters. The molecule has 0 aromatic heterocycles. The van der Waals surface area contributed by atoms with Crippen LogP contribution in [0, 0.1) is 17.8 Å². The van der Waals surface area contributed by atoms with Gasteiger partial charge in [-0.3, -0.25) is 4.79 Å². The normalized spacial score (nSPS) is 40.9. The van der Waals surface area contributed by atoms with Gasteiger partial charge in [-0.05, 0) is 24.7 Å². The van der Waals surface area contributed by atoms with Crippen LogP contribution in [0.4, 0.5) is 0 Å². The summed E-state index contributed by atoms with van der Waals surface area (Å²) in [6, 6.07) is 0. The van der Waals surface area contributed by atoms with E-state index in [9.17, 15) is 4.79 Å². The highest BCUT2D eigenvalue weighted by molar-refractivity contribution is 5.99. The van der Waals surface area contributed by atoms with Gasteiger partial charge in [0.2, 0.25) is 0 Å². The molecule has 2 saturated carbocycles. The van der Waals surface area contributed by atoms with Crippen LogP contribution in [0.2, 0.25) is 0 Å². The predicted octanol–water partition coefficient (Wildman–Crippen LogP) is 1.91. The van der Waals surface area contributed by atoms with Crippen LogP contribution in [0.5, 0.6) is 0 Å². The van der Waals surface area contributed by atoms with Gasteiger partial charge in [-0.1, -0.05) is 6.42 Å². The van der Waals surface area contributed by atoms with E-state index in [0.717, 1.165) is 23.8 Å². The molecular weight excluding hydrogens is 164 g/mol. The summed E-state index contributed by atoms with van der Waals surface area (Å²) in [5.74, 6) is 2.27. The highest BCUT2D eigenvalue weighted by atomic mass is 16.5. The Morgan fingerprint density at radius 1 is 1.38 bits per heavy atom. The minimum absolute atomic E-state index is 0.390. The molecule has 0 aromatic carbocycles. The number of fused-ring (bicyclic) bond motifs is 1. The van der Waals surface area contributed by atoms with E-state index in [0.29, 0.717) is 18.3 Å². The Hall–Kier alpha value is -0.790. The van der Waals surface area contributed by atoms with E-state index >= 15 is 0 Å². The number of hydrogen-bond donors (Lipinski definition) is 0. The van der Waals surface area contributed by atoms with E-state index in [1.54, 1.807) is 6.26 Å². The van der Waals surface area contributed by atoms with E-state index < -0.39 is 0 Å². The molecule has 2 unspecified atom stereocenters. The summed E-state index contributed by atoms with van der Waals surface area (Å²) in [6.45, 7) is 0.711. The number of ether oxygens (including phenoxy) is 1. The lowest BCUT2D eigenvalue weighted by Gasteiger charge is -2.01. The summed E-state index contributed by atoms with van der Waals surface area (Å²) in [5, 5.41) is 0. The second-order valence-electron chi connectivity index (χ2n) is 4.41. The van der Waals surface area contributed by atoms with Crippen molar-refractivity contribution in [1.29, 1.82) is 0 Å². The monoisotopic (exact) mass is 178 g/mol. The van der Waals surface area contributed by atoms with Gasteiger partial charge in [0.15, 0.2) is 5.78 Å². The maximum Gasteiger partial charge on any atom is 0.165 e. The number of ketones is 1. The standard InChI is InChI=1S/C11H14O2/c12-11(7-4-5-13-6-7)10-8-2-1-3-9(8)10/h6,8-10H,1-5H2. The van der Waals surface area contributed by atoms with Gasteiger partial charge in [-0.25, -0.2) is 0 Å². The van der Waals surface area contributed by atoms with E-state index in [1.807, 2.05) is 0 Å². The van der Waals surface area contributed by atoms with Crippen molar-refractivity contribution < 1.29 is 9.53 Å². The van der Waals surface area contributed by atoms with Crippen LogP contribution in [0.25, 0.3) is 0 Å². The Morgan fingerprint density at radius 3 is 2.77 bits per heavy atom. The molecule has 13 heavy (non-hydrogen) atoms. The van der Waals surface area contributed by atoms with Gasteiger partial charge in [-0.2, -0.15) is 0 Å². The minimum atomic E-state index is 0.390. The second kappa shape index (κ2) is 2.60. The number of rotatable bonds is 2. The van der Waals surface area contributed by atoms with Crippen molar-refractivity contribution in [1.82, 2.24) is 0 Å². The molecule has 1 heterocycles. The summed E-state index contributed by atoms with van der Waals surface area (Å²) >= 11 is 0. The largest absolute Gasteiger partial charge is 0.500 e. The topological polar surface area (TPSA) is 26.3 Å². The molecule has 0 N–H and O–H groups in total. The van der Waals surface area contributed by atoms with Gasteiger partial charge in [0, 0.05) is 17.9 Å². The van der Waals surface area contributed by atoms with Crippen LogP contribution in [0.15, 0.2) is 11.8 Å². The molecule has 0 aromatic rings. The lowest BCUT2D eigenvalue weighted by atomic mass is 10.0. The average Bonchev–Trinajstić information content (AvgIpc) is 2.68. The van der Waals surface area contributed by atoms with Crippen LogP contribution in [0.3, 0.4) is 0 Å². The van der Waals surface area contributed by atoms with Crippen LogP contribution in [-0.4, -0.2) is 12.4 Å². The lowest BCUT2D eigenvalue weighted by Crippen LogP contribution is -2.07. The molecule has 70 valence electrons. The first-order valence-corrected chi connectivity index (χ1v) is 5.23. The molecule has 2 nitrogen and oxygen atoms in total. The maximum absolute atomic E-state index is 11.9. The maximum atomic E-state index is 11.9. The van der Waals surface area contributed by atoms with Crippen LogP contribution >= 0.6 is 0 Å². The first-order chi connectivity index (χ1) is 6.38. The average molecular weight is 178 g/mol. The smallest absolute Gasteiger partial charge is 0.165 e. The fraction of sp³-hybridized carbons (Fsp3) is 0.727. The van der Waals surface area contributed by atoms with Gasteiger partial charge in [0.05, 0.1) is 12.9 Å². The molecule has 1 aliphatic heterocycles. The second-order valence-corrected chi connectivity index (χ2v) is 4.41. The summed E-state index contributed by atoms with van der Waals surface area (Å²) in [4.78, 5) is 11.9. The molecule has 3 aliphatic rings. The molecule has 2 fully saturated rings. The molecule has 2 aliphatic carbocycles. The van der Waals surface area contributed by atoms with E-state index in [-0.39, 0.29) is 0 Å². The molecular formula is C11H14O2. The fourth-order valence-corrected chi connectivity index (χ4v) is 2.99.